The van der Waals surface area contributed by atoms with Gasteiger partial charge in [0.05, 0.1) is 0 Å². The van der Waals surface area contributed by atoms with Gasteiger partial charge in [0.2, 0.25) is 0 Å². The first-order valence-corrected chi connectivity index (χ1v) is 5.16. The van der Waals surface area contributed by atoms with Crippen LogP contribution in [0.5, 0.6) is 0 Å². The number of nitrogens with one attached hydrogen (secondary N) is 1. The maximum atomic E-state index is 10.5. The minimum atomic E-state index is -0.947. The van der Waals surface area contributed by atoms with Gasteiger partial charge in [0.15, 0.2) is 0 Å². The Morgan fingerprint density at radius 1 is 1.57 bits per heavy atom. The number of amides is 1. The molecule has 4 heteroatoms. The summed E-state index contributed by atoms with van der Waals surface area (Å²) in [5.41, 5.74) is 5.48. The van der Waals surface area contributed by atoms with Crippen molar-refractivity contribution in [1.82, 2.24) is 5.32 Å². The molecule has 1 fully saturated rings. The van der Waals surface area contributed by atoms with E-state index in [1.54, 1.807) is 0 Å². The molecule has 1 aliphatic carbocycles. The van der Waals surface area contributed by atoms with E-state index >= 15 is 0 Å². The fraction of sp³-hybridized carbons (Fsp3) is 0.900. The standard InChI is InChI=1S/C10H20N2O2/c1-10(2,12-9(13)14)6-7-3-4-8(11)5-7/h7-8,12H,3-6,11H2,1-2H3,(H,13,14)/t7-,8-/m1/s1. The fourth-order valence-corrected chi connectivity index (χ4v) is 2.36. The predicted octanol–water partition coefficient (Wildman–Crippen LogP) is 1.55. The SMILES string of the molecule is CC(C)(C[C@@H]1CC[C@@H](N)C1)NC(=O)O. The minimum Gasteiger partial charge on any atom is -0.465 e. The predicted molar refractivity (Wildman–Crippen MR) is 55.2 cm³/mol. The van der Waals surface area contributed by atoms with Gasteiger partial charge in [-0.2, -0.15) is 0 Å². The van der Waals surface area contributed by atoms with Crippen molar-refractivity contribution in [1.29, 1.82) is 0 Å². The zero-order valence-corrected chi connectivity index (χ0v) is 8.92. The molecule has 0 heterocycles. The van der Waals surface area contributed by atoms with Crippen molar-refractivity contribution < 1.29 is 9.90 Å². The zero-order chi connectivity index (χ0) is 10.8. The smallest absolute Gasteiger partial charge is 0.405 e. The van der Waals surface area contributed by atoms with Crippen LogP contribution >= 0.6 is 0 Å². The van der Waals surface area contributed by atoms with Crippen LogP contribution in [-0.2, 0) is 0 Å². The van der Waals surface area contributed by atoms with Crippen LogP contribution in [0.1, 0.15) is 39.5 Å². The fourth-order valence-electron chi connectivity index (χ4n) is 2.36. The first-order chi connectivity index (χ1) is 6.39. The number of rotatable bonds is 3. The number of hydrogen-bond acceptors (Lipinski definition) is 2. The maximum absolute atomic E-state index is 10.5. The molecule has 0 bridgehead atoms. The van der Waals surface area contributed by atoms with Crippen molar-refractivity contribution in [2.45, 2.75) is 51.1 Å². The molecule has 0 aromatic carbocycles. The largest absolute Gasteiger partial charge is 0.465 e. The number of hydrogen-bond donors (Lipinski definition) is 3. The lowest BCUT2D eigenvalue weighted by Crippen LogP contribution is -2.43. The van der Waals surface area contributed by atoms with Gasteiger partial charge in [-0.25, -0.2) is 4.79 Å². The van der Waals surface area contributed by atoms with Gasteiger partial charge in [-0.15, -0.1) is 0 Å². The Bertz CT molecular complexity index is 216. The average Bonchev–Trinajstić information content (AvgIpc) is 2.30. The molecule has 0 aliphatic heterocycles. The summed E-state index contributed by atoms with van der Waals surface area (Å²) >= 11 is 0. The van der Waals surface area contributed by atoms with Crippen molar-refractivity contribution in [3.63, 3.8) is 0 Å². The molecule has 1 saturated carbocycles. The second-order valence-corrected chi connectivity index (χ2v) is 4.96. The van der Waals surface area contributed by atoms with Crippen LogP contribution in [0.15, 0.2) is 0 Å². The number of carboxylic acid groups (broad SMARTS) is 1. The van der Waals surface area contributed by atoms with Crippen LogP contribution in [0.3, 0.4) is 0 Å². The summed E-state index contributed by atoms with van der Waals surface area (Å²) in [6, 6.07) is 0.320. The molecule has 0 aromatic heterocycles. The van der Waals surface area contributed by atoms with Crippen LogP contribution in [0.25, 0.3) is 0 Å². The Labute approximate surface area is 84.9 Å². The van der Waals surface area contributed by atoms with Crippen molar-refractivity contribution in [2.75, 3.05) is 0 Å². The molecule has 14 heavy (non-hydrogen) atoms. The van der Waals surface area contributed by atoms with E-state index in [0.717, 1.165) is 25.7 Å². The van der Waals surface area contributed by atoms with Crippen molar-refractivity contribution in [3.8, 4) is 0 Å². The van der Waals surface area contributed by atoms with Crippen LogP contribution < -0.4 is 11.1 Å². The van der Waals surface area contributed by atoms with Crippen molar-refractivity contribution in [3.05, 3.63) is 0 Å². The molecule has 0 radical (unpaired) electrons. The Hall–Kier alpha value is -0.770. The molecule has 4 nitrogen and oxygen atoms in total. The van der Waals surface area contributed by atoms with Gasteiger partial charge in [0.25, 0.3) is 0 Å². The van der Waals surface area contributed by atoms with Crippen LogP contribution in [0.2, 0.25) is 0 Å². The third kappa shape index (κ3) is 3.54. The Balaban J connectivity index is 2.38. The first-order valence-electron chi connectivity index (χ1n) is 5.16. The van der Waals surface area contributed by atoms with Gasteiger partial charge in [-0.05, 0) is 45.4 Å². The Kier molecular flexibility index (Phi) is 3.37. The maximum Gasteiger partial charge on any atom is 0.405 e. The Morgan fingerprint density at radius 3 is 2.64 bits per heavy atom. The molecule has 1 amide bonds. The van der Waals surface area contributed by atoms with E-state index in [1.807, 2.05) is 13.8 Å². The highest BCUT2D eigenvalue weighted by Gasteiger charge is 2.29. The van der Waals surface area contributed by atoms with E-state index in [0.29, 0.717) is 12.0 Å². The molecule has 2 atom stereocenters. The molecule has 0 aromatic rings. The van der Waals surface area contributed by atoms with Crippen LogP contribution in [-0.4, -0.2) is 22.8 Å². The van der Waals surface area contributed by atoms with Gasteiger partial charge in [0.1, 0.15) is 0 Å². The summed E-state index contributed by atoms with van der Waals surface area (Å²) in [5, 5.41) is 11.2. The van der Waals surface area contributed by atoms with Gasteiger partial charge in [0, 0.05) is 11.6 Å². The number of carbonyl (C=O) groups is 1. The topological polar surface area (TPSA) is 75.3 Å². The van der Waals surface area contributed by atoms with Gasteiger partial charge >= 0.3 is 6.09 Å². The van der Waals surface area contributed by atoms with Gasteiger partial charge < -0.3 is 16.2 Å². The van der Waals surface area contributed by atoms with E-state index in [1.165, 1.54) is 0 Å². The third-order valence-electron chi connectivity index (χ3n) is 2.83. The second-order valence-electron chi connectivity index (χ2n) is 4.96. The summed E-state index contributed by atoms with van der Waals surface area (Å²) in [4.78, 5) is 10.5. The zero-order valence-electron chi connectivity index (χ0n) is 8.92. The molecule has 0 unspecified atom stereocenters. The molecule has 0 spiro atoms. The highest BCUT2D eigenvalue weighted by Crippen LogP contribution is 2.31. The lowest BCUT2D eigenvalue weighted by Gasteiger charge is -2.27. The van der Waals surface area contributed by atoms with Crippen LogP contribution in [0.4, 0.5) is 4.79 Å². The molecular formula is C10H20N2O2. The molecule has 82 valence electrons. The van der Waals surface area contributed by atoms with E-state index in [2.05, 4.69) is 5.32 Å². The van der Waals surface area contributed by atoms with Crippen molar-refractivity contribution in [2.24, 2.45) is 11.7 Å². The lowest BCUT2D eigenvalue weighted by atomic mass is 9.89. The third-order valence-corrected chi connectivity index (χ3v) is 2.83. The van der Waals surface area contributed by atoms with E-state index in [-0.39, 0.29) is 5.54 Å². The van der Waals surface area contributed by atoms with Crippen LogP contribution in [0, 0.1) is 5.92 Å². The van der Waals surface area contributed by atoms with E-state index in [9.17, 15) is 4.79 Å². The Morgan fingerprint density at radius 2 is 2.21 bits per heavy atom. The van der Waals surface area contributed by atoms with Gasteiger partial charge in [-0.3, -0.25) is 0 Å². The van der Waals surface area contributed by atoms with E-state index in [4.69, 9.17) is 10.8 Å². The molecule has 1 aliphatic rings. The molecule has 0 saturated heterocycles. The lowest BCUT2D eigenvalue weighted by molar-refractivity contribution is 0.176. The minimum absolute atomic E-state index is 0.320. The average molecular weight is 200 g/mol. The van der Waals surface area contributed by atoms with Crippen molar-refractivity contribution >= 4 is 6.09 Å². The molecule has 1 rings (SSSR count). The summed E-state index contributed by atoms with van der Waals surface area (Å²) < 4.78 is 0. The summed E-state index contributed by atoms with van der Waals surface area (Å²) in [6.45, 7) is 3.84. The first kappa shape index (κ1) is 11.3. The van der Waals surface area contributed by atoms with Gasteiger partial charge in [-0.1, -0.05) is 0 Å². The highest BCUT2D eigenvalue weighted by atomic mass is 16.4. The normalized spacial score (nSPS) is 27.6. The number of nitrogens with two attached hydrogens (primary N) is 1. The molecular weight excluding hydrogens is 180 g/mol. The molecule has 4 N–H and O–H groups in total. The summed E-state index contributed by atoms with van der Waals surface area (Å²) in [7, 11) is 0. The summed E-state index contributed by atoms with van der Waals surface area (Å²) in [5.74, 6) is 0.576. The monoisotopic (exact) mass is 200 g/mol. The highest BCUT2D eigenvalue weighted by molar-refractivity contribution is 5.65. The second kappa shape index (κ2) is 4.17. The summed E-state index contributed by atoms with van der Waals surface area (Å²) in [6.07, 6.45) is 3.18. The quantitative estimate of drug-likeness (QED) is 0.647. The van der Waals surface area contributed by atoms with E-state index < -0.39 is 6.09 Å².